The molecule has 2 heteroatoms. The molecule has 68 valence electrons. The summed E-state index contributed by atoms with van der Waals surface area (Å²) in [5.74, 6) is -0.176. The van der Waals surface area contributed by atoms with Crippen LogP contribution >= 0.6 is 0 Å². The van der Waals surface area contributed by atoms with Gasteiger partial charge in [0, 0.05) is 12.7 Å². The molecule has 0 spiro atoms. The summed E-state index contributed by atoms with van der Waals surface area (Å²) in [7, 11) is 1.86. The van der Waals surface area contributed by atoms with Crippen molar-refractivity contribution in [1.29, 1.82) is 0 Å². The zero-order valence-corrected chi connectivity index (χ0v) is 8.11. The van der Waals surface area contributed by atoms with Crippen LogP contribution in [0.25, 0.3) is 0 Å². The van der Waals surface area contributed by atoms with Crippen LogP contribution in [0.2, 0.25) is 0 Å². The second-order valence-electron chi connectivity index (χ2n) is 2.74. The molecule has 12 heavy (non-hydrogen) atoms. The average Bonchev–Trinajstić information content (AvgIpc) is 2.00. The fourth-order valence-electron chi connectivity index (χ4n) is 0.708. The van der Waals surface area contributed by atoms with Gasteiger partial charge in [-0.15, -0.1) is 0 Å². The first kappa shape index (κ1) is 11.0. The summed E-state index contributed by atoms with van der Waals surface area (Å²) in [5.41, 5.74) is 2.09. The van der Waals surface area contributed by atoms with Gasteiger partial charge in [-0.2, -0.15) is 0 Å². The lowest BCUT2D eigenvalue weighted by molar-refractivity contribution is 0.640. The molecule has 0 heterocycles. The molecule has 1 nitrogen and oxygen atoms in total. The minimum absolute atomic E-state index is 0.176. The molecule has 0 atom stereocenters. The van der Waals surface area contributed by atoms with Crippen LogP contribution in [-0.4, -0.2) is 7.05 Å². The van der Waals surface area contributed by atoms with Gasteiger partial charge in [0.25, 0.3) is 0 Å². The van der Waals surface area contributed by atoms with Crippen LogP contribution in [0.5, 0.6) is 0 Å². The van der Waals surface area contributed by atoms with Crippen molar-refractivity contribution in [2.24, 2.45) is 0 Å². The van der Waals surface area contributed by atoms with Crippen molar-refractivity contribution in [3.63, 3.8) is 0 Å². The highest BCUT2D eigenvalue weighted by molar-refractivity contribution is 5.24. The van der Waals surface area contributed by atoms with E-state index in [0.717, 1.165) is 11.3 Å². The SMILES string of the molecule is CN\C(C)=C/C(C)=C/C=C(\C)F. The van der Waals surface area contributed by atoms with Crippen molar-refractivity contribution in [2.75, 3.05) is 7.05 Å². The molecule has 0 fully saturated rings. The molecule has 0 aliphatic rings. The van der Waals surface area contributed by atoms with Crippen LogP contribution in [0.1, 0.15) is 20.8 Å². The molecule has 1 N–H and O–H groups in total. The summed E-state index contributed by atoms with van der Waals surface area (Å²) in [6.07, 6.45) is 5.16. The van der Waals surface area contributed by atoms with Gasteiger partial charge in [-0.05, 0) is 38.5 Å². The van der Waals surface area contributed by atoms with E-state index in [1.807, 2.05) is 27.0 Å². The first-order chi connectivity index (χ1) is 5.56. The van der Waals surface area contributed by atoms with E-state index < -0.39 is 0 Å². The van der Waals surface area contributed by atoms with Crippen molar-refractivity contribution < 1.29 is 4.39 Å². The lowest BCUT2D eigenvalue weighted by Gasteiger charge is -1.97. The third kappa shape index (κ3) is 5.71. The monoisotopic (exact) mass is 169 g/mol. The quantitative estimate of drug-likeness (QED) is 0.640. The highest BCUT2D eigenvalue weighted by Crippen LogP contribution is 2.01. The maximum Gasteiger partial charge on any atom is 0.0968 e. The predicted molar refractivity (Wildman–Crippen MR) is 51.4 cm³/mol. The van der Waals surface area contributed by atoms with Crippen molar-refractivity contribution in [1.82, 2.24) is 5.32 Å². The number of hydrogen-bond donors (Lipinski definition) is 1. The van der Waals surface area contributed by atoms with Gasteiger partial charge in [0.05, 0.1) is 5.83 Å². The van der Waals surface area contributed by atoms with Crippen molar-refractivity contribution in [3.05, 3.63) is 35.3 Å². The first-order valence-corrected chi connectivity index (χ1v) is 3.93. The summed E-state index contributed by atoms with van der Waals surface area (Å²) >= 11 is 0. The molecule has 0 aromatic heterocycles. The Labute approximate surface area is 73.7 Å². The van der Waals surface area contributed by atoms with Gasteiger partial charge < -0.3 is 5.32 Å². The summed E-state index contributed by atoms with van der Waals surface area (Å²) < 4.78 is 12.3. The summed E-state index contributed by atoms with van der Waals surface area (Å²) in [6, 6.07) is 0. The van der Waals surface area contributed by atoms with E-state index in [0.29, 0.717) is 0 Å². The maximum atomic E-state index is 12.3. The van der Waals surface area contributed by atoms with Gasteiger partial charge in [-0.3, -0.25) is 0 Å². The third-order valence-corrected chi connectivity index (χ3v) is 1.41. The number of nitrogens with one attached hydrogen (secondary N) is 1. The molecule has 0 saturated carbocycles. The Balaban J connectivity index is 4.30. The standard InChI is InChI=1S/C10H16FN/c1-8(5-6-9(2)11)7-10(3)12-4/h5-7,12H,1-4H3/b8-5+,9-6+,10-7-. The molecule has 0 aromatic carbocycles. The molecule has 0 aliphatic heterocycles. The van der Waals surface area contributed by atoms with E-state index in [2.05, 4.69) is 5.32 Å². The van der Waals surface area contributed by atoms with Gasteiger partial charge in [0.2, 0.25) is 0 Å². The Morgan fingerprint density at radius 3 is 2.17 bits per heavy atom. The molecule has 0 rings (SSSR count). The fraction of sp³-hybridized carbons (Fsp3) is 0.400. The zero-order chi connectivity index (χ0) is 9.56. The first-order valence-electron chi connectivity index (χ1n) is 3.93. The largest absolute Gasteiger partial charge is 0.392 e. The van der Waals surface area contributed by atoms with Crippen LogP contribution in [0.3, 0.4) is 0 Å². The number of halogens is 1. The predicted octanol–water partition coefficient (Wildman–Crippen LogP) is 2.93. The highest BCUT2D eigenvalue weighted by Gasteiger charge is 1.84. The molecular weight excluding hydrogens is 153 g/mol. The van der Waals surface area contributed by atoms with Gasteiger partial charge in [-0.1, -0.05) is 6.08 Å². The second kappa shape index (κ2) is 5.58. The molecule has 0 aliphatic carbocycles. The normalized spacial score (nSPS) is 14.9. The molecule has 0 aromatic rings. The number of allylic oxidation sites excluding steroid dienone is 6. The van der Waals surface area contributed by atoms with Crippen molar-refractivity contribution in [2.45, 2.75) is 20.8 Å². The summed E-state index contributed by atoms with van der Waals surface area (Å²) in [5, 5.41) is 2.99. The Bertz CT molecular complexity index is 220. The number of rotatable bonds is 3. The Morgan fingerprint density at radius 2 is 1.75 bits per heavy atom. The van der Waals surface area contributed by atoms with Crippen LogP contribution < -0.4 is 5.32 Å². The van der Waals surface area contributed by atoms with Gasteiger partial charge in [-0.25, -0.2) is 4.39 Å². The Kier molecular flexibility index (Phi) is 5.09. The molecule has 0 unspecified atom stereocenters. The molecule has 0 amide bonds. The Morgan fingerprint density at radius 1 is 1.17 bits per heavy atom. The lowest BCUT2D eigenvalue weighted by Crippen LogP contribution is -2.01. The van der Waals surface area contributed by atoms with E-state index in [4.69, 9.17) is 0 Å². The highest BCUT2D eigenvalue weighted by atomic mass is 19.1. The summed E-state index contributed by atoms with van der Waals surface area (Å²) in [6.45, 7) is 5.32. The topological polar surface area (TPSA) is 12.0 Å². The van der Waals surface area contributed by atoms with Gasteiger partial charge in [0.15, 0.2) is 0 Å². The molecule has 0 bridgehead atoms. The van der Waals surface area contributed by atoms with Gasteiger partial charge in [0.1, 0.15) is 0 Å². The smallest absolute Gasteiger partial charge is 0.0968 e. The molecule has 0 radical (unpaired) electrons. The van der Waals surface area contributed by atoms with Crippen LogP contribution in [0, 0.1) is 0 Å². The van der Waals surface area contributed by atoms with Crippen LogP contribution in [0.4, 0.5) is 4.39 Å². The van der Waals surface area contributed by atoms with E-state index in [1.54, 1.807) is 6.08 Å². The minimum atomic E-state index is -0.176. The zero-order valence-electron chi connectivity index (χ0n) is 8.11. The van der Waals surface area contributed by atoms with Crippen molar-refractivity contribution >= 4 is 0 Å². The number of hydrogen-bond acceptors (Lipinski definition) is 1. The lowest BCUT2D eigenvalue weighted by atomic mass is 10.2. The fourth-order valence-corrected chi connectivity index (χ4v) is 0.708. The Hall–Kier alpha value is -1.05. The molecular formula is C10H16FN. The van der Waals surface area contributed by atoms with Crippen LogP contribution in [0.15, 0.2) is 35.3 Å². The third-order valence-electron chi connectivity index (χ3n) is 1.41. The minimum Gasteiger partial charge on any atom is -0.392 e. The van der Waals surface area contributed by atoms with E-state index >= 15 is 0 Å². The van der Waals surface area contributed by atoms with E-state index in [1.165, 1.54) is 13.0 Å². The second-order valence-corrected chi connectivity index (χ2v) is 2.74. The van der Waals surface area contributed by atoms with Gasteiger partial charge >= 0.3 is 0 Å². The van der Waals surface area contributed by atoms with Crippen LogP contribution in [-0.2, 0) is 0 Å². The molecule has 0 saturated heterocycles. The maximum absolute atomic E-state index is 12.3. The van der Waals surface area contributed by atoms with Crippen molar-refractivity contribution in [3.8, 4) is 0 Å². The summed E-state index contributed by atoms with van der Waals surface area (Å²) in [4.78, 5) is 0. The van der Waals surface area contributed by atoms with E-state index in [9.17, 15) is 4.39 Å². The van der Waals surface area contributed by atoms with E-state index in [-0.39, 0.29) is 5.83 Å². The average molecular weight is 169 g/mol.